The maximum atomic E-state index is 12.5. The lowest BCUT2D eigenvalue weighted by atomic mass is 10.2. The summed E-state index contributed by atoms with van der Waals surface area (Å²) in [6.45, 7) is 2.59. The Morgan fingerprint density at radius 3 is 2.59 bits per heavy atom. The molecule has 8 nitrogen and oxygen atoms in total. The Labute approximate surface area is 168 Å². The number of nitrogens with one attached hydrogen (secondary N) is 1. The molecule has 1 fully saturated rings. The molecule has 8 heteroatoms. The maximum absolute atomic E-state index is 12.5. The predicted octanol–water partition coefficient (Wildman–Crippen LogP) is 1.42. The number of pyridine rings is 1. The summed E-state index contributed by atoms with van der Waals surface area (Å²) in [5, 5.41) is 6.90. The van der Waals surface area contributed by atoms with Crippen molar-refractivity contribution in [2.24, 2.45) is 0 Å². The number of ether oxygens (including phenoxy) is 1. The topological polar surface area (TPSA) is 79.2 Å². The number of aromatic nitrogens is 2. The lowest BCUT2D eigenvalue weighted by Crippen LogP contribution is -2.51. The fourth-order valence-corrected chi connectivity index (χ4v) is 3.50. The lowest BCUT2D eigenvalue weighted by Gasteiger charge is -2.36. The molecule has 0 bridgehead atoms. The van der Waals surface area contributed by atoms with Crippen LogP contribution < -0.4 is 15.0 Å². The van der Waals surface area contributed by atoms with Gasteiger partial charge in [0.1, 0.15) is 5.75 Å². The second-order valence-corrected chi connectivity index (χ2v) is 6.82. The fourth-order valence-electron chi connectivity index (χ4n) is 3.50. The van der Waals surface area contributed by atoms with Crippen LogP contribution >= 0.6 is 0 Å². The third-order valence-corrected chi connectivity index (χ3v) is 5.06. The van der Waals surface area contributed by atoms with Gasteiger partial charge in [0.25, 0.3) is 5.91 Å². The molecule has 0 atom stereocenters. The van der Waals surface area contributed by atoms with Crippen LogP contribution in [0.15, 0.2) is 54.7 Å². The first kappa shape index (κ1) is 18.8. The van der Waals surface area contributed by atoms with Crippen molar-refractivity contribution in [2.75, 3.05) is 44.7 Å². The number of para-hydroxylation sites is 2. The highest BCUT2D eigenvalue weighted by molar-refractivity contribution is 5.95. The zero-order chi connectivity index (χ0) is 20.2. The molecular weight excluding hydrogens is 370 g/mol. The van der Waals surface area contributed by atoms with E-state index in [4.69, 9.17) is 4.74 Å². The first-order valence-corrected chi connectivity index (χ1v) is 9.54. The highest BCUT2D eigenvalue weighted by Crippen LogP contribution is 2.28. The molecule has 150 valence electrons. The van der Waals surface area contributed by atoms with Crippen LogP contribution in [-0.2, 0) is 4.79 Å². The van der Waals surface area contributed by atoms with Crippen molar-refractivity contribution < 1.29 is 14.3 Å². The number of amides is 2. The molecule has 3 aromatic rings. The second-order valence-electron chi connectivity index (χ2n) is 6.82. The summed E-state index contributed by atoms with van der Waals surface area (Å²) in [7, 11) is 1.66. The van der Waals surface area contributed by atoms with E-state index in [0.29, 0.717) is 31.9 Å². The molecule has 0 aliphatic carbocycles. The number of benzene rings is 1. The molecule has 1 aromatic carbocycles. The molecule has 3 heterocycles. The van der Waals surface area contributed by atoms with E-state index in [0.717, 1.165) is 17.0 Å². The van der Waals surface area contributed by atoms with Crippen LogP contribution in [0.2, 0.25) is 0 Å². The number of anilines is 1. The zero-order valence-corrected chi connectivity index (χ0v) is 16.2. The monoisotopic (exact) mass is 393 g/mol. The van der Waals surface area contributed by atoms with Crippen molar-refractivity contribution in [3.63, 3.8) is 0 Å². The van der Waals surface area contributed by atoms with E-state index in [2.05, 4.69) is 15.3 Å². The fraction of sp³-hybridized carbons (Fsp3) is 0.286. The normalized spacial score (nSPS) is 14.1. The average Bonchev–Trinajstić information content (AvgIpc) is 3.22. The van der Waals surface area contributed by atoms with Crippen LogP contribution in [0.25, 0.3) is 5.52 Å². The van der Waals surface area contributed by atoms with Crippen LogP contribution in [0.5, 0.6) is 5.75 Å². The van der Waals surface area contributed by atoms with E-state index in [1.807, 2.05) is 42.5 Å². The van der Waals surface area contributed by atoms with Gasteiger partial charge in [-0.3, -0.25) is 9.59 Å². The molecule has 1 aliphatic rings. The van der Waals surface area contributed by atoms with E-state index >= 15 is 0 Å². The molecular formula is C21H23N5O3. The predicted molar refractivity (Wildman–Crippen MR) is 109 cm³/mol. The first-order chi connectivity index (χ1) is 14.2. The Morgan fingerprint density at radius 2 is 1.83 bits per heavy atom. The van der Waals surface area contributed by atoms with Crippen molar-refractivity contribution in [1.82, 2.24) is 19.8 Å². The SMILES string of the molecule is COc1ccccc1N1CCN(C(=O)CNC(=O)c2cc3ccccn3n2)CC1. The van der Waals surface area contributed by atoms with Gasteiger partial charge < -0.3 is 19.9 Å². The third-order valence-electron chi connectivity index (χ3n) is 5.06. The molecule has 0 radical (unpaired) electrons. The van der Waals surface area contributed by atoms with Crippen molar-refractivity contribution in [1.29, 1.82) is 0 Å². The van der Waals surface area contributed by atoms with Gasteiger partial charge >= 0.3 is 0 Å². The Morgan fingerprint density at radius 1 is 1.07 bits per heavy atom. The number of carbonyl (C=O) groups is 2. The van der Waals surface area contributed by atoms with E-state index < -0.39 is 0 Å². The van der Waals surface area contributed by atoms with Gasteiger partial charge in [0.05, 0.1) is 24.9 Å². The van der Waals surface area contributed by atoms with Crippen LogP contribution in [-0.4, -0.2) is 66.2 Å². The third kappa shape index (κ3) is 4.01. The van der Waals surface area contributed by atoms with E-state index in [1.54, 1.807) is 28.8 Å². The zero-order valence-electron chi connectivity index (χ0n) is 16.2. The van der Waals surface area contributed by atoms with Crippen LogP contribution in [0.3, 0.4) is 0 Å². The number of hydrogen-bond acceptors (Lipinski definition) is 5. The van der Waals surface area contributed by atoms with Crippen LogP contribution in [0.4, 0.5) is 5.69 Å². The van der Waals surface area contributed by atoms with Gasteiger partial charge in [0.15, 0.2) is 5.69 Å². The molecule has 29 heavy (non-hydrogen) atoms. The van der Waals surface area contributed by atoms with Crippen molar-refractivity contribution >= 4 is 23.0 Å². The summed E-state index contributed by atoms with van der Waals surface area (Å²) in [5.41, 5.74) is 2.16. The minimum absolute atomic E-state index is 0.0403. The van der Waals surface area contributed by atoms with Crippen LogP contribution in [0.1, 0.15) is 10.5 Å². The van der Waals surface area contributed by atoms with Gasteiger partial charge in [0.2, 0.25) is 5.91 Å². The first-order valence-electron chi connectivity index (χ1n) is 9.54. The van der Waals surface area contributed by atoms with Gasteiger partial charge in [-0.1, -0.05) is 18.2 Å². The number of carbonyl (C=O) groups excluding carboxylic acids is 2. The van der Waals surface area contributed by atoms with Crippen LogP contribution in [0, 0.1) is 0 Å². The molecule has 1 N–H and O–H groups in total. The van der Waals surface area contributed by atoms with Gasteiger partial charge in [-0.15, -0.1) is 0 Å². The maximum Gasteiger partial charge on any atom is 0.272 e. The Hall–Kier alpha value is -3.55. The number of hydrogen-bond donors (Lipinski definition) is 1. The molecule has 0 saturated carbocycles. The smallest absolute Gasteiger partial charge is 0.272 e. The molecule has 2 amide bonds. The quantitative estimate of drug-likeness (QED) is 0.709. The number of nitrogens with zero attached hydrogens (tertiary/aromatic N) is 4. The summed E-state index contributed by atoms with van der Waals surface area (Å²) in [6, 6.07) is 15.2. The summed E-state index contributed by atoms with van der Waals surface area (Å²) >= 11 is 0. The van der Waals surface area contributed by atoms with E-state index in [9.17, 15) is 9.59 Å². The molecule has 1 aliphatic heterocycles. The van der Waals surface area contributed by atoms with Gasteiger partial charge in [-0.2, -0.15) is 5.10 Å². The minimum atomic E-state index is -0.352. The number of fused-ring (bicyclic) bond motifs is 1. The van der Waals surface area contributed by atoms with E-state index in [-0.39, 0.29) is 18.4 Å². The molecule has 0 unspecified atom stereocenters. The number of piperazine rings is 1. The highest BCUT2D eigenvalue weighted by atomic mass is 16.5. The van der Waals surface area contributed by atoms with Crippen molar-refractivity contribution in [3.05, 3.63) is 60.4 Å². The summed E-state index contributed by atoms with van der Waals surface area (Å²) < 4.78 is 7.06. The lowest BCUT2D eigenvalue weighted by molar-refractivity contribution is -0.130. The summed E-state index contributed by atoms with van der Waals surface area (Å²) in [4.78, 5) is 28.8. The number of rotatable bonds is 5. The largest absolute Gasteiger partial charge is 0.495 e. The molecule has 0 spiro atoms. The molecule has 2 aromatic heterocycles. The summed E-state index contributed by atoms with van der Waals surface area (Å²) in [5.74, 6) is 0.378. The van der Waals surface area contributed by atoms with E-state index in [1.165, 1.54) is 0 Å². The number of methoxy groups -OCH3 is 1. The van der Waals surface area contributed by atoms with Crippen molar-refractivity contribution in [3.8, 4) is 5.75 Å². The summed E-state index contributed by atoms with van der Waals surface area (Å²) in [6.07, 6.45) is 1.78. The minimum Gasteiger partial charge on any atom is -0.495 e. The van der Waals surface area contributed by atoms with Gasteiger partial charge in [0, 0.05) is 32.4 Å². The standard InChI is InChI=1S/C21H23N5O3/c1-29-19-8-3-2-7-18(19)24-10-12-25(13-11-24)20(27)15-22-21(28)17-14-16-6-4-5-9-26(16)23-17/h2-9,14H,10-13,15H2,1H3,(H,22,28). The van der Waals surface area contributed by atoms with Crippen molar-refractivity contribution in [2.45, 2.75) is 0 Å². The Balaban J connectivity index is 1.30. The second kappa shape index (κ2) is 8.22. The van der Waals surface area contributed by atoms with Gasteiger partial charge in [-0.25, -0.2) is 4.52 Å². The van der Waals surface area contributed by atoms with Gasteiger partial charge in [-0.05, 0) is 30.3 Å². The molecule has 1 saturated heterocycles. The Bertz CT molecular complexity index is 991. The highest BCUT2D eigenvalue weighted by Gasteiger charge is 2.23. The Kier molecular flexibility index (Phi) is 5.33. The average molecular weight is 393 g/mol. The molecule has 4 rings (SSSR count).